The number of methoxy groups -OCH3 is 1. The minimum absolute atomic E-state index is 0.0921. The molecule has 0 spiro atoms. The van der Waals surface area contributed by atoms with Crippen LogP contribution in [0.25, 0.3) is 0 Å². The third-order valence-corrected chi connectivity index (χ3v) is 5.70. The number of rotatable bonds is 5. The topological polar surface area (TPSA) is 64.3 Å². The van der Waals surface area contributed by atoms with Crippen LogP contribution in [0.3, 0.4) is 0 Å². The van der Waals surface area contributed by atoms with Crippen LogP contribution in [-0.2, 0) is 9.53 Å². The van der Waals surface area contributed by atoms with E-state index in [1.54, 1.807) is 7.11 Å². The van der Waals surface area contributed by atoms with Crippen LogP contribution >= 0.6 is 0 Å². The van der Waals surface area contributed by atoms with Crippen LogP contribution in [0.4, 0.5) is 0 Å². The fourth-order valence-corrected chi connectivity index (χ4v) is 4.35. The normalized spacial score (nSPS) is 31.4. The molecule has 2 saturated carbocycles. The van der Waals surface area contributed by atoms with Gasteiger partial charge in [0.25, 0.3) is 0 Å². The summed E-state index contributed by atoms with van der Waals surface area (Å²) in [5.74, 6) is 1.36. The number of nitrogens with two attached hydrogens (primary N) is 1. The van der Waals surface area contributed by atoms with Crippen LogP contribution in [0.1, 0.15) is 43.8 Å². The van der Waals surface area contributed by atoms with Gasteiger partial charge in [0.05, 0.1) is 6.10 Å². The summed E-state index contributed by atoms with van der Waals surface area (Å²) in [7, 11) is 1.69. The van der Waals surface area contributed by atoms with E-state index in [2.05, 4.69) is 5.32 Å². The summed E-state index contributed by atoms with van der Waals surface area (Å²) in [6.45, 7) is 0.525. The van der Waals surface area contributed by atoms with Gasteiger partial charge in [0, 0.05) is 25.6 Å². The predicted octanol–water partition coefficient (Wildman–Crippen LogP) is 2.64. The first-order valence-corrected chi connectivity index (χ1v) is 8.80. The quantitative estimate of drug-likeness (QED) is 0.878. The van der Waals surface area contributed by atoms with Crippen LogP contribution in [-0.4, -0.2) is 25.6 Å². The Bertz CT molecular complexity index is 505. The molecule has 1 aromatic rings. The van der Waals surface area contributed by atoms with Crippen molar-refractivity contribution in [2.24, 2.45) is 23.5 Å². The van der Waals surface area contributed by atoms with Gasteiger partial charge in [-0.05, 0) is 43.1 Å². The van der Waals surface area contributed by atoms with Crippen molar-refractivity contribution < 1.29 is 9.53 Å². The van der Waals surface area contributed by atoms with Gasteiger partial charge < -0.3 is 15.8 Å². The van der Waals surface area contributed by atoms with E-state index in [-0.39, 0.29) is 17.9 Å². The van der Waals surface area contributed by atoms with Gasteiger partial charge in [0.1, 0.15) is 0 Å². The van der Waals surface area contributed by atoms with Crippen molar-refractivity contribution in [2.75, 3.05) is 13.7 Å². The maximum absolute atomic E-state index is 12.6. The lowest BCUT2D eigenvalue weighted by Crippen LogP contribution is -2.49. The molecule has 4 nitrogen and oxygen atoms in total. The van der Waals surface area contributed by atoms with Crippen molar-refractivity contribution in [1.29, 1.82) is 0 Å². The second-order valence-corrected chi connectivity index (χ2v) is 7.08. The molecule has 126 valence electrons. The summed E-state index contributed by atoms with van der Waals surface area (Å²) in [6, 6.07) is 10.3. The Hall–Kier alpha value is -1.39. The van der Waals surface area contributed by atoms with Crippen molar-refractivity contribution in [3.05, 3.63) is 35.9 Å². The van der Waals surface area contributed by atoms with E-state index < -0.39 is 0 Å². The first-order chi connectivity index (χ1) is 11.2. The predicted molar refractivity (Wildman–Crippen MR) is 90.7 cm³/mol. The SMILES string of the molecule is COC(CNC(=O)C1CC2CCCC(C1)C2N)c1ccccc1. The number of ether oxygens (including phenoxy) is 1. The second kappa shape index (κ2) is 7.45. The molecule has 2 fully saturated rings. The molecular formula is C19H28N2O2. The maximum atomic E-state index is 12.6. The lowest BCUT2D eigenvalue weighted by Gasteiger charge is -2.43. The van der Waals surface area contributed by atoms with Crippen molar-refractivity contribution in [3.63, 3.8) is 0 Å². The van der Waals surface area contributed by atoms with Gasteiger partial charge in [-0.1, -0.05) is 36.8 Å². The van der Waals surface area contributed by atoms with Crippen LogP contribution in [0.15, 0.2) is 30.3 Å². The van der Waals surface area contributed by atoms with Crippen molar-refractivity contribution in [2.45, 2.75) is 44.2 Å². The Kier molecular flexibility index (Phi) is 5.34. The van der Waals surface area contributed by atoms with E-state index in [4.69, 9.17) is 10.5 Å². The first-order valence-electron chi connectivity index (χ1n) is 8.80. The zero-order chi connectivity index (χ0) is 16.2. The maximum Gasteiger partial charge on any atom is 0.223 e. The number of fused-ring (bicyclic) bond motifs is 2. The highest BCUT2D eigenvalue weighted by Crippen LogP contribution is 2.41. The average molecular weight is 316 g/mol. The van der Waals surface area contributed by atoms with Crippen molar-refractivity contribution >= 4 is 5.91 Å². The van der Waals surface area contributed by atoms with Gasteiger partial charge in [-0.25, -0.2) is 0 Å². The highest BCUT2D eigenvalue weighted by atomic mass is 16.5. The fraction of sp³-hybridized carbons (Fsp3) is 0.632. The number of amides is 1. The van der Waals surface area contributed by atoms with Gasteiger partial charge in [0.15, 0.2) is 0 Å². The third kappa shape index (κ3) is 3.75. The Labute approximate surface area is 138 Å². The highest BCUT2D eigenvalue weighted by molar-refractivity contribution is 5.78. The number of carbonyl (C=O) groups excluding carboxylic acids is 1. The molecule has 3 atom stereocenters. The number of hydrogen-bond donors (Lipinski definition) is 2. The van der Waals surface area contributed by atoms with Gasteiger partial charge in [-0.3, -0.25) is 4.79 Å². The van der Waals surface area contributed by atoms with E-state index in [0.29, 0.717) is 24.4 Å². The molecule has 3 N–H and O–H groups in total. The Morgan fingerprint density at radius 1 is 1.26 bits per heavy atom. The zero-order valence-corrected chi connectivity index (χ0v) is 13.9. The third-order valence-electron chi connectivity index (χ3n) is 5.70. The minimum Gasteiger partial charge on any atom is -0.375 e. The van der Waals surface area contributed by atoms with Crippen LogP contribution in [0, 0.1) is 17.8 Å². The number of benzene rings is 1. The molecule has 2 aliphatic rings. The second-order valence-electron chi connectivity index (χ2n) is 7.08. The Morgan fingerprint density at radius 2 is 1.91 bits per heavy atom. The molecule has 1 aromatic carbocycles. The number of hydrogen-bond acceptors (Lipinski definition) is 3. The molecule has 3 unspecified atom stereocenters. The van der Waals surface area contributed by atoms with E-state index >= 15 is 0 Å². The van der Waals surface area contributed by atoms with Crippen molar-refractivity contribution in [1.82, 2.24) is 5.32 Å². The zero-order valence-electron chi connectivity index (χ0n) is 13.9. The summed E-state index contributed by atoms with van der Waals surface area (Å²) in [4.78, 5) is 12.6. The number of carbonyl (C=O) groups is 1. The van der Waals surface area contributed by atoms with Gasteiger partial charge in [0.2, 0.25) is 5.91 Å². The molecule has 2 aliphatic carbocycles. The summed E-state index contributed by atoms with van der Waals surface area (Å²) in [5.41, 5.74) is 7.41. The van der Waals surface area contributed by atoms with E-state index in [1.807, 2.05) is 30.3 Å². The molecule has 3 rings (SSSR count). The molecule has 0 radical (unpaired) electrons. The monoisotopic (exact) mass is 316 g/mol. The van der Waals surface area contributed by atoms with E-state index in [0.717, 1.165) is 18.4 Å². The average Bonchev–Trinajstić information content (AvgIpc) is 2.56. The molecule has 1 amide bonds. The minimum atomic E-state index is -0.0921. The molecule has 23 heavy (non-hydrogen) atoms. The summed E-state index contributed by atoms with van der Waals surface area (Å²) >= 11 is 0. The van der Waals surface area contributed by atoms with Crippen LogP contribution in [0.2, 0.25) is 0 Å². The summed E-state index contributed by atoms with van der Waals surface area (Å²) < 4.78 is 5.53. The molecule has 2 bridgehead atoms. The van der Waals surface area contributed by atoms with Gasteiger partial charge >= 0.3 is 0 Å². The molecule has 0 heterocycles. The molecular weight excluding hydrogens is 288 g/mol. The molecule has 4 heteroatoms. The standard InChI is InChI=1S/C19H28N2O2/c1-23-17(13-6-3-2-4-7-13)12-21-19(22)16-10-14-8-5-9-15(11-16)18(14)20/h2-4,6-7,14-18H,5,8-12,20H2,1H3,(H,21,22). The summed E-state index contributed by atoms with van der Waals surface area (Å²) in [6.07, 6.45) is 5.46. The van der Waals surface area contributed by atoms with Crippen molar-refractivity contribution in [3.8, 4) is 0 Å². The molecule has 0 aromatic heterocycles. The lowest BCUT2D eigenvalue weighted by atomic mass is 9.65. The highest BCUT2D eigenvalue weighted by Gasteiger charge is 2.40. The van der Waals surface area contributed by atoms with Gasteiger partial charge in [-0.2, -0.15) is 0 Å². The van der Waals surface area contributed by atoms with Gasteiger partial charge in [-0.15, -0.1) is 0 Å². The first kappa shape index (κ1) is 16.5. The largest absolute Gasteiger partial charge is 0.375 e. The number of nitrogens with one attached hydrogen (secondary N) is 1. The summed E-state index contributed by atoms with van der Waals surface area (Å²) in [5, 5.41) is 3.10. The van der Waals surface area contributed by atoms with E-state index in [1.165, 1.54) is 19.3 Å². The molecule has 0 saturated heterocycles. The van der Waals surface area contributed by atoms with Crippen LogP contribution < -0.4 is 11.1 Å². The lowest BCUT2D eigenvalue weighted by molar-refractivity contribution is -0.128. The molecule has 0 aliphatic heterocycles. The Morgan fingerprint density at radius 3 is 2.52 bits per heavy atom. The Balaban J connectivity index is 1.55. The fourth-order valence-electron chi connectivity index (χ4n) is 4.35. The van der Waals surface area contributed by atoms with E-state index in [9.17, 15) is 4.79 Å². The smallest absolute Gasteiger partial charge is 0.223 e. The van der Waals surface area contributed by atoms with Crippen LogP contribution in [0.5, 0.6) is 0 Å².